The number of aromatic amines is 1. The SMILES string of the molecule is CC(O)C(Sc1ncnc2[nH]ncc12)N1CCN(C(c2ccc(Cl)cc2)c2ccc(Cl)cc2)CC1. The normalized spacial score (nSPS) is 17.2. The quantitative estimate of drug-likeness (QED) is 0.261. The Kier molecular flexibility index (Phi) is 7.57. The van der Waals surface area contributed by atoms with E-state index in [2.05, 4.69) is 54.2 Å². The second-order valence-electron chi connectivity index (χ2n) is 8.64. The van der Waals surface area contributed by atoms with E-state index in [4.69, 9.17) is 23.2 Å². The Morgan fingerprint density at radius 2 is 1.46 bits per heavy atom. The van der Waals surface area contributed by atoms with E-state index in [0.29, 0.717) is 5.65 Å². The summed E-state index contributed by atoms with van der Waals surface area (Å²) in [6, 6.07) is 16.2. The van der Waals surface area contributed by atoms with E-state index in [9.17, 15) is 5.11 Å². The molecule has 2 aromatic heterocycles. The molecule has 2 N–H and O–H groups in total. The van der Waals surface area contributed by atoms with Gasteiger partial charge in [0.05, 0.1) is 29.1 Å². The molecule has 4 aromatic rings. The van der Waals surface area contributed by atoms with Crippen LogP contribution >= 0.6 is 35.0 Å². The van der Waals surface area contributed by atoms with Crippen molar-refractivity contribution in [3.05, 3.63) is 82.2 Å². The van der Waals surface area contributed by atoms with Gasteiger partial charge in [-0.2, -0.15) is 5.10 Å². The van der Waals surface area contributed by atoms with Crippen LogP contribution in [0.3, 0.4) is 0 Å². The number of piperazine rings is 1. The fourth-order valence-corrected chi connectivity index (χ4v) is 6.01. The van der Waals surface area contributed by atoms with Gasteiger partial charge in [0.25, 0.3) is 0 Å². The van der Waals surface area contributed by atoms with Crippen molar-refractivity contribution in [2.75, 3.05) is 26.2 Å². The fourth-order valence-electron chi connectivity index (χ4n) is 4.58. The highest BCUT2D eigenvalue weighted by Crippen LogP contribution is 2.34. The molecule has 1 aliphatic rings. The molecule has 1 aliphatic heterocycles. The van der Waals surface area contributed by atoms with Crippen molar-refractivity contribution in [3.8, 4) is 0 Å². The van der Waals surface area contributed by atoms with Crippen molar-refractivity contribution in [1.82, 2.24) is 30.0 Å². The van der Waals surface area contributed by atoms with Crippen LogP contribution < -0.4 is 0 Å². The Morgan fingerprint density at radius 3 is 2.03 bits per heavy atom. The molecule has 7 nitrogen and oxygen atoms in total. The van der Waals surface area contributed by atoms with Crippen molar-refractivity contribution >= 4 is 46.0 Å². The zero-order chi connectivity index (χ0) is 24.4. The van der Waals surface area contributed by atoms with Gasteiger partial charge in [-0.3, -0.25) is 14.9 Å². The molecule has 1 saturated heterocycles. The number of fused-ring (bicyclic) bond motifs is 1. The molecular formula is C25H26Cl2N6OS. The number of rotatable bonds is 7. The van der Waals surface area contributed by atoms with E-state index in [1.54, 1.807) is 18.0 Å². The molecule has 0 spiro atoms. The van der Waals surface area contributed by atoms with E-state index < -0.39 is 6.10 Å². The second kappa shape index (κ2) is 10.8. The molecule has 182 valence electrons. The van der Waals surface area contributed by atoms with Gasteiger partial charge in [-0.15, -0.1) is 0 Å². The summed E-state index contributed by atoms with van der Waals surface area (Å²) in [7, 11) is 0. The lowest BCUT2D eigenvalue weighted by atomic mass is 9.96. The average Bonchev–Trinajstić information content (AvgIpc) is 3.35. The van der Waals surface area contributed by atoms with E-state index in [0.717, 1.165) is 46.6 Å². The Labute approximate surface area is 218 Å². The Bertz CT molecular complexity index is 1210. The first kappa shape index (κ1) is 24.5. The highest BCUT2D eigenvalue weighted by atomic mass is 35.5. The van der Waals surface area contributed by atoms with Crippen LogP contribution in [-0.4, -0.2) is 72.7 Å². The summed E-state index contributed by atoms with van der Waals surface area (Å²) in [6.45, 7) is 5.18. The van der Waals surface area contributed by atoms with Crippen LogP contribution in [0, 0.1) is 0 Å². The molecule has 2 atom stereocenters. The van der Waals surface area contributed by atoms with E-state index in [1.165, 1.54) is 17.5 Å². The first-order valence-electron chi connectivity index (χ1n) is 11.5. The highest BCUT2D eigenvalue weighted by molar-refractivity contribution is 8.00. The van der Waals surface area contributed by atoms with Crippen LogP contribution in [0.1, 0.15) is 24.1 Å². The molecule has 0 aliphatic carbocycles. The highest BCUT2D eigenvalue weighted by Gasteiger charge is 2.32. The molecule has 0 bridgehead atoms. The smallest absolute Gasteiger partial charge is 0.159 e. The van der Waals surface area contributed by atoms with Gasteiger partial charge in [0.1, 0.15) is 11.4 Å². The summed E-state index contributed by atoms with van der Waals surface area (Å²) in [5, 5.41) is 20.6. The summed E-state index contributed by atoms with van der Waals surface area (Å²) < 4.78 is 0. The largest absolute Gasteiger partial charge is 0.391 e. The van der Waals surface area contributed by atoms with Gasteiger partial charge >= 0.3 is 0 Å². The van der Waals surface area contributed by atoms with Crippen LogP contribution in [0.25, 0.3) is 11.0 Å². The Morgan fingerprint density at radius 1 is 0.886 bits per heavy atom. The van der Waals surface area contributed by atoms with Crippen molar-refractivity contribution in [3.63, 3.8) is 0 Å². The maximum Gasteiger partial charge on any atom is 0.159 e. The molecule has 0 amide bonds. The molecule has 35 heavy (non-hydrogen) atoms. The summed E-state index contributed by atoms with van der Waals surface area (Å²) in [4.78, 5) is 13.5. The Balaban J connectivity index is 1.35. The number of hydrogen-bond donors (Lipinski definition) is 2. The minimum Gasteiger partial charge on any atom is -0.391 e. The monoisotopic (exact) mass is 528 g/mol. The lowest BCUT2D eigenvalue weighted by Crippen LogP contribution is -2.52. The summed E-state index contributed by atoms with van der Waals surface area (Å²) >= 11 is 13.9. The van der Waals surface area contributed by atoms with Crippen molar-refractivity contribution in [2.24, 2.45) is 0 Å². The van der Waals surface area contributed by atoms with Gasteiger partial charge in [0.2, 0.25) is 0 Å². The molecule has 1 fully saturated rings. The molecule has 2 unspecified atom stereocenters. The standard InChI is InChI=1S/C25H26Cl2N6OS/c1-16(34)25(35-24-21-14-30-31-23(21)28-15-29-24)33-12-10-32(11-13-33)22(17-2-6-19(26)7-3-17)18-4-8-20(27)9-5-18/h2-9,14-16,22,25,34H,10-13H2,1H3,(H,28,29,30,31). The number of halogens is 2. The molecule has 0 saturated carbocycles. The number of H-pyrrole nitrogens is 1. The zero-order valence-electron chi connectivity index (χ0n) is 19.2. The first-order chi connectivity index (χ1) is 17.0. The summed E-state index contributed by atoms with van der Waals surface area (Å²) in [5.74, 6) is 0. The second-order valence-corrected chi connectivity index (χ2v) is 10.6. The first-order valence-corrected chi connectivity index (χ1v) is 13.1. The van der Waals surface area contributed by atoms with Crippen molar-refractivity contribution in [2.45, 2.75) is 29.5 Å². The summed E-state index contributed by atoms with van der Waals surface area (Å²) in [5.41, 5.74) is 3.08. The third-order valence-electron chi connectivity index (χ3n) is 6.30. The van der Waals surface area contributed by atoms with Crippen molar-refractivity contribution in [1.29, 1.82) is 0 Å². The third-order valence-corrected chi connectivity index (χ3v) is 8.29. The Hall–Kier alpha value is -2.20. The lowest BCUT2D eigenvalue weighted by molar-refractivity contribution is 0.0555. The predicted octanol–water partition coefficient (Wildman–Crippen LogP) is 4.87. The number of nitrogens with zero attached hydrogens (tertiary/aromatic N) is 5. The number of aromatic nitrogens is 4. The molecule has 5 rings (SSSR count). The number of benzene rings is 2. The number of nitrogens with one attached hydrogen (secondary N) is 1. The molecule has 0 radical (unpaired) electrons. The number of thioether (sulfide) groups is 1. The lowest BCUT2D eigenvalue weighted by Gasteiger charge is -2.43. The van der Waals surface area contributed by atoms with Crippen LogP contribution in [0.2, 0.25) is 10.0 Å². The van der Waals surface area contributed by atoms with Crippen LogP contribution in [0.4, 0.5) is 0 Å². The van der Waals surface area contributed by atoms with Gasteiger partial charge in [-0.25, -0.2) is 9.97 Å². The van der Waals surface area contributed by atoms with Crippen LogP contribution in [-0.2, 0) is 0 Å². The third kappa shape index (κ3) is 5.48. The van der Waals surface area contributed by atoms with Gasteiger partial charge < -0.3 is 5.11 Å². The van der Waals surface area contributed by atoms with E-state index >= 15 is 0 Å². The maximum absolute atomic E-state index is 10.7. The molecular weight excluding hydrogens is 503 g/mol. The van der Waals surface area contributed by atoms with Gasteiger partial charge in [0.15, 0.2) is 5.65 Å². The number of hydrogen-bond acceptors (Lipinski definition) is 7. The van der Waals surface area contributed by atoms with Crippen LogP contribution in [0.5, 0.6) is 0 Å². The van der Waals surface area contributed by atoms with Crippen LogP contribution in [0.15, 0.2) is 66.1 Å². The van der Waals surface area contributed by atoms with E-state index in [1.807, 2.05) is 31.2 Å². The number of aliphatic hydroxyl groups is 1. The summed E-state index contributed by atoms with van der Waals surface area (Å²) in [6.07, 6.45) is 2.73. The minimum atomic E-state index is -0.535. The van der Waals surface area contributed by atoms with Gasteiger partial charge in [-0.1, -0.05) is 59.2 Å². The van der Waals surface area contributed by atoms with Gasteiger partial charge in [-0.05, 0) is 42.3 Å². The zero-order valence-corrected chi connectivity index (χ0v) is 21.5. The van der Waals surface area contributed by atoms with Gasteiger partial charge in [0, 0.05) is 36.2 Å². The minimum absolute atomic E-state index is 0.0942. The maximum atomic E-state index is 10.7. The predicted molar refractivity (Wildman–Crippen MR) is 141 cm³/mol. The molecule has 2 aromatic carbocycles. The molecule has 10 heteroatoms. The fraction of sp³-hybridized carbons (Fsp3) is 0.320. The average molecular weight is 529 g/mol. The van der Waals surface area contributed by atoms with Crippen molar-refractivity contribution < 1.29 is 5.11 Å². The topological polar surface area (TPSA) is 81.2 Å². The molecule has 3 heterocycles. The van der Waals surface area contributed by atoms with E-state index in [-0.39, 0.29) is 11.4 Å². The number of aliphatic hydroxyl groups excluding tert-OH is 1.